The van der Waals surface area contributed by atoms with Crippen molar-refractivity contribution >= 4 is 21.7 Å². The Morgan fingerprint density at radius 3 is 2.74 bits per heavy atom. The number of methoxy groups -OCH3 is 1. The van der Waals surface area contributed by atoms with Crippen molar-refractivity contribution < 1.29 is 19.0 Å². The molecule has 1 atom stereocenters. The highest BCUT2D eigenvalue weighted by Crippen LogP contribution is 2.33. The van der Waals surface area contributed by atoms with Crippen LogP contribution >= 0.6 is 15.9 Å². The molecule has 1 aliphatic rings. The van der Waals surface area contributed by atoms with Gasteiger partial charge in [-0.1, -0.05) is 15.9 Å². The average molecular weight is 329 g/mol. The van der Waals surface area contributed by atoms with Gasteiger partial charge in [-0.15, -0.1) is 0 Å². The molecule has 0 N–H and O–H groups in total. The van der Waals surface area contributed by atoms with E-state index in [0.29, 0.717) is 31.1 Å². The van der Waals surface area contributed by atoms with Crippen LogP contribution in [0.3, 0.4) is 0 Å². The number of rotatable bonds is 3. The van der Waals surface area contributed by atoms with Gasteiger partial charge in [-0.2, -0.15) is 0 Å². The van der Waals surface area contributed by atoms with Crippen LogP contribution in [-0.2, 0) is 9.47 Å². The molecule has 0 saturated carbocycles. The van der Waals surface area contributed by atoms with E-state index in [1.54, 1.807) is 7.11 Å². The summed E-state index contributed by atoms with van der Waals surface area (Å²) in [4.78, 5) is 12.6. The summed E-state index contributed by atoms with van der Waals surface area (Å²) >= 11 is 3.47. The monoisotopic (exact) mass is 328 g/mol. The Balaban J connectivity index is 2.44. The standard InChI is InChI=1S/C14H17BrO4/c1-8-6-10(15)9(2)12(14(8)17-3)13(16)11-7-18-4-5-19-11/h6,11H,4-5,7H2,1-3H3. The predicted molar refractivity (Wildman–Crippen MR) is 75.1 cm³/mol. The molecule has 0 amide bonds. The third kappa shape index (κ3) is 2.83. The van der Waals surface area contributed by atoms with E-state index >= 15 is 0 Å². The molecule has 0 radical (unpaired) electrons. The summed E-state index contributed by atoms with van der Waals surface area (Å²) in [7, 11) is 1.57. The lowest BCUT2D eigenvalue weighted by atomic mass is 9.97. The first-order chi connectivity index (χ1) is 9.06. The molecule has 4 nitrogen and oxygen atoms in total. The summed E-state index contributed by atoms with van der Waals surface area (Å²) in [6.45, 7) is 5.09. The highest BCUT2D eigenvalue weighted by molar-refractivity contribution is 9.10. The van der Waals surface area contributed by atoms with Crippen molar-refractivity contribution in [3.05, 3.63) is 27.2 Å². The Kier molecular flexibility index (Phi) is 4.60. The molecule has 1 aromatic rings. The lowest BCUT2D eigenvalue weighted by Gasteiger charge is -2.24. The van der Waals surface area contributed by atoms with Crippen molar-refractivity contribution in [2.24, 2.45) is 0 Å². The van der Waals surface area contributed by atoms with Crippen LogP contribution < -0.4 is 4.74 Å². The molecule has 1 fully saturated rings. The number of halogens is 1. The molecule has 0 aromatic heterocycles. The van der Waals surface area contributed by atoms with E-state index < -0.39 is 6.10 Å². The molecule has 1 saturated heterocycles. The Morgan fingerprint density at radius 1 is 1.42 bits per heavy atom. The largest absolute Gasteiger partial charge is 0.496 e. The predicted octanol–water partition coefficient (Wildman–Crippen LogP) is 2.67. The van der Waals surface area contributed by atoms with Crippen LogP contribution in [-0.4, -0.2) is 38.8 Å². The third-order valence-electron chi connectivity index (χ3n) is 3.22. The first-order valence-corrected chi connectivity index (χ1v) is 6.92. The van der Waals surface area contributed by atoms with Crippen molar-refractivity contribution in [1.82, 2.24) is 0 Å². The van der Waals surface area contributed by atoms with Gasteiger partial charge in [-0.3, -0.25) is 4.79 Å². The summed E-state index contributed by atoms with van der Waals surface area (Å²) in [5.74, 6) is 0.526. The van der Waals surface area contributed by atoms with Gasteiger partial charge in [0.05, 0.1) is 32.5 Å². The van der Waals surface area contributed by atoms with E-state index in [1.165, 1.54) is 0 Å². The highest BCUT2D eigenvalue weighted by Gasteiger charge is 2.29. The molecule has 1 heterocycles. The van der Waals surface area contributed by atoms with Gasteiger partial charge in [0, 0.05) is 4.47 Å². The number of Topliss-reactive ketones (excluding diaryl/α,β-unsaturated/α-hetero) is 1. The van der Waals surface area contributed by atoms with Crippen molar-refractivity contribution in [3.63, 3.8) is 0 Å². The summed E-state index contributed by atoms with van der Waals surface area (Å²) in [6.07, 6.45) is -0.546. The Labute approximate surface area is 121 Å². The summed E-state index contributed by atoms with van der Waals surface area (Å²) < 4.78 is 17.1. The van der Waals surface area contributed by atoms with E-state index in [9.17, 15) is 4.79 Å². The maximum absolute atomic E-state index is 12.6. The first kappa shape index (κ1) is 14.5. The third-order valence-corrected chi connectivity index (χ3v) is 4.04. The molecule has 0 spiro atoms. The number of carbonyl (C=O) groups is 1. The summed E-state index contributed by atoms with van der Waals surface area (Å²) in [5, 5.41) is 0. The van der Waals surface area contributed by atoms with Gasteiger partial charge in [0.2, 0.25) is 0 Å². The van der Waals surface area contributed by atoms with Gasteiger partial charge in [-0.05, 0) is 31.0 Å². The normalized spacial score (nSPS) is 19.3. The second kappa shape index (κ2) is 6.03. The Morgan fingerprint density at radius 2 is 2.16 bits per heavy atom. The van der Waals surface area contributed by atoms with E-state index in [-0.39, 0.29) is 5.78 Å². The summed E-state index contributed by atoms with van der Waals surface area (Å²) in [5.41, 5.74) is 2.35. The van der Waals surface area contributed by atoms with Crippen molar-refractivity contribution in [1.29, 1.82) is 0 Å². The van der Waals surface area contributed by atoms with Gasteiger partial charge in [0.1, 0.15) is 11.9 Å². The molecular weight excluding hydrogens is 312 g/mol. The van der Waals surface area contributed by atoms with E-state index in [1.807, 2.05) is 19.9 Å². The van der Waals surface area contributed by atoms with Crippen molar-refractivity contribution in [3.8, 4) is 5.75 Å². The van der Waals surface area contributed by atoms with Crippen LogP contribution in [0.1, 0.15) is 21.5 Å². The van der Waals surface area contributed by atoms with Crippen molar-refractivity contribution in [2.45, 2.75) is 20.0 Å². The fraction of sp³-hybridized carbons (Fsp3) is 0.500. The van der Waals surface area contributed by atoms with Gasteiger partial charge in [-0.25, -0.2) is 0 Å². The van der Waals surface area contributed by atoms with Crippen LogP contribution in [0.2, 0.25) is 0 Å². The quantitative estimate of drug-likeness (QED) is 0.800. The van der Waals surface area contributed by atoms with Crippen LogP contribution in [0.5, 0.6) is 5.75 Å². The zero-order chi connectivity index (χ0) is 14.0. The molecule has 0 bridgehead atoms. The van der Waals surface area contributed by atoms with Crippen LogP contribution in [0, 0.1) is 13.8 Å². The lowest BCUT2D eigenvalue weighted by Crippen LogP contribution is -2.36. The SMILES string of the molecule is COc1c(C)cc(Br)c(C)c1C(=O)C1COCCO1. The highest BCUT2D eigenvalue weighted by atomic mass is 79.9. The second-order valence-corrected chi connectivity index (χ2v) is 5.36. The molecule has 0 aliphatic carbocycles. The summed E-state index contributed by atoms with van der Waals surface area (Å²) in [6, 6.07) is 1.95. The molecule has 5 heteroatoms. The van der Waals surface area contributed by atoms with E-state index in [0.717, 1.165) is 15.6 Å². The number of hydrogen-bond donors (Lipinski definition) is 0. The van der Waals surface area contributed by atoms with Gasteiger partial charge in [0.15, 0.2) is 5.78 Å². The maximum Gasteiger partial charge on any atom is 0.197 e. The minimum Gasteiger partial charge on any atom is -0.496 e. The maximum atomic E-state index is 12.6. The molecule has 1 aliphatic heterocycles. The average Bonchev–Trinajstić information content (AvgIpc) is 2.42. The number of aryl methyl sites for hydroxylation is 1. The lowest BCUT2D eigenvalue weighted by molar-refractivity contribution is -0.0719. The minimum atomic E-state index is -0.546. The molecule has 19 heavy (non-hydrogen) atoms. The molecule has 104 valence electrons. The van der Waals surface area contributed by atoms with Gasteiger partial charge >= 0.3 is 0 Å². The number of ether oxygens (including phenoxy) is 3. The molecule has 2 rings (SSSR count). The van der Waals surface area contributed by atoms with Crippen LogP contribution in [0.15, 0.2) is 10.5 Å². The zero-order valence-electron chi connectivity index (χ0n) is 11.3. The molecule has 1 unspecified atom stereocenters. The molecular formula is C14H17BrO4. The van der Waals surface area contributed by atoms with E-state index in [2.05, 4.69) is 15.9 Å². The van der Waals surface area contributed by atoms with Gasteiger partial charge < -0.3 is 14.2 Å². The Bertz CT molecular complexity index is 493. The second-order valence-electron chi connectivity index (χ2n) is 4.51. The number of hydrogen-bond acceptors (Lipinski definition) is 4. The number of benzene rings is 1. The Hall–Kier alpha value is -0.910. The van der Waals surface area contributed by atoms with Crippen LogP contribution in [0.4, 0.5) is 0 Å². The zero-order valence-corrected chi connectivity index (χ0v) is 12.9. The van der Waals surface area contributed by atoms with Crippen molar-refractivity contribution in [2.75, 3.05) is 26.9 Å². The van der Waals surface area contributed by atoms with E-state index in [4.69, 9.17) is 14.2 Å². The fourth-order valence-corrected chi connectivity index (χ4v) is 2.75. The number of ketones is 1. The number of carbonyl (C=O) groups excluding carboxylic acids is 1. The topological polar surface area (TPSA) is 44.8 Å². The van der Waals surface area contributed by atoms with Crippen LogP contribution in [0.25, 0.3) is 0 Å². The van der Waals surface area contributed by atoms with Gasteiger partial charge in [0.25, 0.3) is 0 Å². The minimum absolute atomic E-state index is 0.0848. The molecule has 1 aromatic carbocycles. The fourth-order valence-electron chi connectivity index (χ4n) is 2.21. The smallest absolute Gasteiger partial charge is 0.197 e. The first-order valence-electron chi connectivity index (χ1n) is 6.13.